The summed E-state index contributed by atoms with van der Waals surface area (Å²) in [5, 5.41) is 0.134. The second-order valence-electron chi connectivity index (χ2n) is 4.78. The van der Waals surface area contributed by atoms with Crippen LogP contribution in [0.4, 0.5) is 4.39 Å². The van der Waals surface area contributed by atoms with E-state index in [1.54, 1.807) is 12.1 Å². The Morgan fingerprint density at radius 3 is 2.76 bits per heavy atom. The van der Waals surface area contributed by atoms with Gasteiger partial charge in [-0.05, 0) is 18.9 Å². The van der Waals surface area contributed by atoms with E-state index in [1.807, 2.05) is 0 Å². The minimum Gasteiger partial charge on any atom is -0.375 e. The Labute approximate surface area is 106 Å². The van der Waals surface area contributed by atoms with Gasteiger partial charge in [0.25, 0.3) is 0 Å². The van der Waals surface area contributed by atoms with E-state index in [-0.39, 0.29) is 17.2 Å². The molecule has 0 heterocycles. The minimum absolute atomic E-state index is 0.134. The fourth-order valence-electron chi connectivity index (χ4n) is 2.25. The number of nitrogens with two attached hydrogens (primary N) is 1. The van der Waals surface area contributed by atoms with Crippen LogP contribution < -0.4 is 5.73 Å². The van der Waals surface area contributed by atoms with E-state index in [0.717, 1.165) is 25.7 Å². The smallest absolute Gasteiger partial charge is 0.147 e. The van der Waals surface area contributed by atoms with Gasteiger partial charge in [0.05, 0.1) is 18.2 Å². The molecule has 0 amide bonds. The van der Waals surface area contributed by atoms with Crippen LogP contribution in [0.3, 0.4) is 0 Å². The zero-order valence-electron chi connectivity index (χ0n) is 9.72. The second kappa shape index (κ2) is 5.34. The van der Waals surface area contributed by atoms with Gasteiger partial charge < -0.3 is 10.5 Å². The van der Waals surface area contributed by atoms with Crippen LogP contribution in [-0.2, 0) is 11.3 Å². The molecule has 0 aliphatic heterocycles. The van der Waals surface area contributed by atoms with Crippen LogP contribution in [0.5, 0.6) is 0 Å². The number of ether oxygens (including phenoxy) is 1. The largest absolute Gasteiger partial charge is 0.375 e. The summed E-state index contributed by atoms with van der Waals surface area (Å²) in [5.41, 5.74) is 6.42. The van der Waals surface area contributed by atoms with Gasteiger partial charge in [-0.1, -0.05) is 36.6 Å². The van der Waals surface area contributed by atoms with E-state index in [0.29, 0.717) is 12.2 Å². The lowest BCUT2D eigenvalue weighted by molar-refractivity contribution is 0.0734. The Balaban J connectivity index is 1.88. The molecule has 0 atom stereocenters. The Bertz CT molecular complexity index is 391. The van der Waals surface area contributed by atoms with E-state index in [2.05, 4.69) is 0 Å². The Kier molecular flexibility index (Phi) is 4.02. The molecule has 2 N–H and O–H groups in total. The van der Waals surface area contributed by atoms with Crippen molar-refractivity contribution >= 4 is 11.6 Å². The van der Waals surface area contributed by atoms with Crippen molar-refractivity contribution in [2.45, 2.75) is 37.8 Å². The average molecular weight is 258 g/mol. The molecule has 0 bridgehead atoms. The molecule has 0 radical (unpaired) electrons. The Morgan fingerprint density at radius 2 is 2.06 bits per heavy atom. The maximum Gasteiger partial charge on any atom is 0.147 e. The average Bonchev–Trinajstić information content (AvgIpc) is 2.72. The summed E-state index contributed by atoms with van der Waals surface area (Å²) in [5.74, 6) is -0.397. The van der Waals surface area contributed by atoms with Crippen molar-refractivity contribution in [3.05, 3.63) is 34.6 Å². The van der Waals surface area contributed by atoms with Crippen LogP contribution in [0.15, 0.2) is 18.2 Å². The highest BCUT2D eigenvalue weighted by Crippen LogP contribution is 2.27. The summed E-state index contributed by atoms with van der Waals surface area (Å²) in [4.78, 5) is 0. The predicted molar refractivity (Wildman–Crippen MR) is 66.5 cm³/mol. The van der Waals surface area contributed by atoms with Gasteiger partial charge in [-0.15, -0.1) is 0 Å². The van der Waals surface area contributed by atoms with E-state index < -0.39 is 5.82 Å². The van der Waals surface area contributed by atoms with Gasteiger partial charge >= 0.3 is 0 Å². The third-order valence-electron chi connectivity index (χ3n) is 3.28. The first-order valence-electron chi connectivity index (χ1n) is 5.90. The van der Waals surface area contributed by atoms with Crippen LogP contribution in [0.1, 0.15) is 31.2 Å². The maximum atomic E-state index is 13.6. The molecule has 1 saturated carbocycles. The Morgan fingerprint density at radius 1 is 1.35 bits per heavy atom. The molecule has 4 heteroatoms. The van der Waals surface area contributed by atoms with Crippen LogP contribution >= 0.6 is 11.6 Å². The lowest BCUT2D eigenvalue weighted by atomic mass is 10.0. The summed E-state index contributed by atoms with van der Waals surface area (Å²) in [7, 11) is 0. The lowest BCUT2D eigenvalue weighted by Gasteiger charge is -2.23. The molecule has 94 valence electrons. The minimum atomic E-state index is -0.397. The number of hydrogen-bond acceptors (Lipinski definition) is 2. The van der Waals surface area contributed by atoms with Crippen molar-refractivity contribution in [2.75, 3.05) is 6.61 Å². The lowest BCUT2D eigenvalue weighted by Crippen LogP contribution is -2.41. The summed E-state index contributed by atoms with van der Waals surface area (Å²) >= 11 is 5.69. The molecule has 2 rings (SSSR count). The van der Waals surface area contributed by atoms with Crippen LogP contribution in [0.25, 0.3) is 0 Å². The van der Waals surface area contributed by atoms with Crippen molar-refractivity contribution < 1.29 is 9.13 Å². The molecule has 0 aromatic heterocycles. The zero-order chi connectivity index (χ0) is 12.3. The van der Waals surface area contributed by atoms with Gasteiger partial charge in [-0.3, -0.25) is 0 Å². The molecule has 0 saturated heterocycles. The molecule has 1 aromatic rings. The molecule has 2 nitrogen and oxygen atoms in total. The number of hydrogen-bond donors (Lipinski definition) is 1. The molecule has 1 aliphatic carbocycles. The van der Waals surface area contributed by atoms with Gasteiger partial charge in [0.2, 0.25) is 0 Å². The Hall–Kier alpha value is -0.640. The number of benzene rings is 1. The topological polar surface area (TPSA) is 35.2 Å². The fraction of sp³-hybridized carbons (Fsp3) is 0.538. The van der Waals surface area contributed by atoms with Gasteiger partial charge in [0.1, 0.15) is 5.82 Å². The zero-order valence-corrected chi connectivity index (χ0v) is 10.5. The highest BCUT2D eigenvalue weighted by Gasteiger charge is 2.29. The first kappa shape index (κ1) is 12.8. The standard InChI is InChI=1S/C13H17ClFNO/c14-11-5-3-4-10(12(11)15)8-17-9-13(16)6-1-2-7-13/h3-5H,1-2,6-9,16H2. The summed E-state index contributed by atoms with van der Waals surface area (Å²) < 4.78 is 19.1. The molecular weight excluding hydrogens is 241 g/mol. The van der Waals surface area contributed by atoms with Gasteiger partial charge in [-0.25, -0.2) is 4.39 Å². The first-order chi connectivity index (χ1) is 8.11. The van der Waals surface area contributed by atoms with Gasteiger partial charge in [0, 0.05) is 11.1 Å². The quantitative estimate of drug-likeness (QED) is 0.899. The van der Waals surface area contributed by atoms with Crippen LogP contribution in [-0.4, -0.2) is 12.1 Å². The molecular formula is C13H17ClFNO. The highest BCUT2D eigenvalue weighted by atomic mass is 35.5. The van der Waals surface area contributed by atoms with Gasteiger partial charge in [0.15, 0.2) is 0 Å². The van der Waals surface area contributed by atoms with Crippen molar-refractivity contribution in [1.29, 1.82) is 0 Å². The molecule has 1 aromatic carbocycles. The van der Waals surface area contributed by atoms with Crippen molar-refractivity contribution in [3.63, 3.8) is 0 Å². The highest BCUT2D eigenvalue weighted by molar-refractivity contribution is 6.30. The van der Waals surface area contributed by atoms with Crippen molar-refractivity contribution in [3.8, 4) is 0 Å². The molecule has 1 fully saturated rings. The normalized spacial score (nSPS) is 18.5. The number of rotatable bonds is 4. The van der Waals surface area contributed by atoms with Gasteiger partial charge in [-0.2, -0.15) is 0 Å². The number of halogens is 2. The van der Waals surface area contributed by atoms with E-state index in [9.17, 15) is 4.39 Å². The SMILES string of the molecule is NC1(COCc2cccc(Cl)c2F)CCCC1. The fourth-order valence-corrected chi connectivity index (χ4v) is 2.44. The molecule has 17 heavy (non-hydrogen) atoms. The van der Waals surface area contributed by atoms with Crippen LogP contribution in [0, 0.1) is 5.82 Å². The van der Waals surface area contributed by atoms with E-state index in [4.69, 9.17) is 22.1 Å². The molecule has 1 aliphatic rings. The first-order valence-corrected chi connectivity index (χ1v) is 6.28. The van der Waals surface area contributed by atoms with Crippen molar-refractivity contribution in [1.82, 2.24) is 0 Å². The third kappa shape index (κ3) is 3.18. The van der Waals surface area contributed by atoms with Crippen LogP contribution in [0.2, 0.25) is 5.02 Å². The summed E-state index contributed by atoms with van der Waals surface area (Å²) in [6.45, 7) is 0.713. The molecule has 0 unspecified atom stereocenters. The van der Waals surface area contributed by atoms with E-state index >= 15 is 0 Å². The summed E-state index contributed by atoms with van der Waals surface area (Å²) in [6, 6.07) is 4.93. The second-order valence-corrected chi connectivity index (χ2v) is 5.18. The predicted octanol–water partition coefficient (Wildman–Crippen LogP) is 3.27. The third-order valence-corrected chi connectivity index (χ3v) is 3.57. The van der Waals surface area contributed by atoms with Crippen molar-refractivity contribution in [2.24, 2.45) is 5.73 Å². The molecule has 0 spiro atoms. The van der Waals surface area contributed by atoms with E-state index in [1.165, 1.54) is 6.07 Å². The maximum absolute atomic E-state index is 13.6. The summed E-state index contributed by atoms with van der Waals surface area (Å²) in [6.07, 6.45) is 4.30. The monoisotopic (exact) mass is 257 g/mol.